The van der Waals surface area contributed by atoms with Gasteiger partial charge in [0.15, 0.2) is 0 Å². The highest BCUT2D eigenvalue weighted by Gasteiger charge is 2.12. The fourth-order valence-corrected chi connectivity index (χ4v) is 2.68. The zero-order valence-electron chi connectivity index (χ0n) is 13.1. The van der Waals surface area contributed by atoms with Crippen LogP contribution in [0.25, 0.3) is 0 Å². The summed E-state index contributed by atoms with van der Waals surface area (Å²) in [4.78, 5) is 0. The summed E-state index contributed by atoms with van der Waals surface area (Å²) in [7, 11) is 0. The molecule has 2 aromatic rings. The van der Waals surface area contributed by atoms with Gasteiger partial charge in [0, 0.05) is 17.6 Å². The molecule has 0 radical (unpaired) electrons. The summed E-state index contributed by atoms with van der Waals surface area (Å²) in [6.07, 6.45) is 2.09. The van der Waals surface area contributed by atoms with Gasteiger partial charge in [0.05, 0.1) is 0 Å². The van der Waals surface area contributed by atoms with E-state index in [1.165, 1.54) is 17.2 Å². The quantitative estimate of drug-likeness (QED) is 0.803. The van der Waals surface area contributed by atoms with Gasteiger partial charge in [-0.25, -0.2) is 4.39 Å². The monoisotopic (exact) mass is 285 g/mol. The zero-order chi connectivity index (χ0) is 15.2. The average molecular weight is 285 g/mol. The van der Waals surface area contributed by atoms with Gasteiger partial charge < -0.3 is 5.32 Å². The second kappa shape index (κ2) is 7.37. The lowest BCUT2D eigenvalue weighted by atomic mass is 10.0. The molecule has 0 saturated carbocycles. The molecule has 2 rings (SSSR count). The molecule has 1 N–H and O–H groups in total. The first-order chi connectivity index (χ1) is 10.1. The van der Waals surface area contributed by atoms with E-state index in [2.05, 4.69) is 43.4 Å². The van der Waals surface area contributed by atoms with Crippen LogP contribution in [0.1, 0.15) is 43.0 Å². The molecule has 1 unspecified atom stereocenters. The zero-order valence-corrected chi connectivity index (χ0v) is 13.1. The molecule has 21 heavy (non-hydrogen) atoms. The molecule has 0 aliphatic heterocycles. The molecule has 2 heteroatoms. The minimum absolute atomic E-state index is 0.0266. The van der Waals surface area contributed by atoms with Gasteiger partial charge in [0.25, 0.3) is 0 Å². The van der Waals surface area contributed by atoms with E-state index in [9.17, 15) is 4.39 Å². The smallest absolute Gasteiger partial charge is 0.127 e. The van der Waals surface area contributed by atoms with Crippen molar-refractivity contribution in [1.29, 1.82) is 0 Å². The summed E-state index contributed by atoms with van der Waals surface area (Å²) in [6.45, 7) is 6.29. The van der Waals surface area contributed by atoms with Gasteiger partial charge in [-0.15, -0.1) is 0 Å². The van der Waals surface area contributed by atoms with Crippen LogP contribution in [0.5, 0.6) is 0 Å². The minimum atomic E-state index is -0.136. The van der Waals surface area contributed by atoms with Crippen LogP contribution in [0.2, 0.25) is 0 Å². The van der Waals surface area contributed by atoms with Crippen LogP contribution in [0.15, 0.2) is 48.5 Å². The van der Waals surface area contributed by atoms with Crippen molar-refractivity contribution in [3.8, 4) is 0 Å². The van der Waals surface area contributed by atoms with E-state index in [1.54, 1.807) is 6.07 Å². The van der Waals surface area contributed by atoms with Crippen LogP contribution < -0.4 is 5.32 Å². The van der Waals surface area contributed by atoms with Gasteiger partial charge in [-0.2, -0.15) is 0 Å². The molecule has 1 nitrogen and oxygen atoms in total. The van der Waals surface area contributed by atoms with E-state index in [-0.39, 0.29) is 11.9 Å². The maximum absolute atomic E-state index is 13.7. The summed E-state index contributed by atoms with van der Waals surface area (Å²) in [5.74, 6) is -0.136. The average Bonchev–Trinajstić information content (AvgIpc) is 2.45. The van der Waals surface area contributed by atoms with Crippen molar-refractivity contribution in [3.05, 3.63) is 71.0 Å². The number of rotatable bonds is 6. The first-order valence-electron chi connectivity index (χ1n) is 7.62. The van der Waals surface area contributed by atoms with E-state index in [1.807, 2.05) is 19.1 Å². The molecule has 2 atom stereocenters. The van der Waals surface area contributed by atoms with Gasteiger partial charge in [-0.1, -0.05) is 48.0 Å². The Bertz CT molecular complexity index is 579. The second-order valence-electron chi connectivity index (χ2n) is 5.84. The number of hydrogen-bond donors (Lipinski definition) is 1. The molecule has 0 aliphatic carbocycles. The molecule has 0 fully saturated rings. The van der Waals surface area contributed by atoms with Crippen molar-refractivity contribution in [2.24, 2.45) is 0 Å². The molecule has 0 aliphatic rings. The number of halogens is 1. The standard InChI is InChI=1S/C19H24FN/c1-14-7-6-8-17(13-14)12-11-15(2)21-16(3)18-9-4-5-10-19(18)20/h4-10,13,15-16,21H,11-12H2,1-3H3/t15?,16-/m1/s1. The van der Waals surface area contributed by atoms with Crippen molar-refractivity contribution < 1.29 is 4.39 Å². The molecule has 112 valence electrons. The summed E-state index contributed by atoms with van der Waals surface area (Å²) < 4.78 is 13.7. The summed E-state index contributed by atoms with van der Waals surface area (Å²) in [5.41, 5.74) is 3.40. The highest BCUT2D eigenvalue weighted by Crippen LogP contribution is 2.17. The Balaban J connectivity index is 1.87. The molecule has 2 aromatic carbocycles. The fraction of sp³-hybridized carbons (Fsp3) is 0.368. The van der Waals surface area contributed by atoms with Gasteiger partial charge in [-0.05, 0) is 45.2 Å². The van der Waals surface area contributed by atoms with Crippen LogP contribution >= 0.6 is 0 Å². The number of nitrogens with one attached hydrogen (secondary N) is 1. The third kappa shape index (κ3) is 4.68. The van der Waals surface area contributed by atoms with Gasteiger partial charge in [0.1, 0.15) is 5.82 Å². The Morgan fingerprint density at radius 1 is 1.05 bits per heavy atom. The topological polar surface area (TPSA) is 12.0 Å². The van der Waals surface area contributed by atoms with Crippen molar-refractivity contribution in [2.45, 2.75) is 45.7 Å². The maximum Gasteiger partial charge on any atom is 0.127 e. The first kappa shape index (κ1) is 15.7. The Hall–Kier alpha value is -1.67. The molecule has 0 spiro atoms. The van der Waals surface area contributed by atoms with Crippen LogP contribution in [-0.4, -0.2) is 6.04 Å². The third-order valence-electron chi connectivity index (χ3n) is 3.85. The van der Waals surface area contributed by atoms with Crippen LogP contribution in [0.4, 0.5) is 4.39 Å². The number of hydrogen-bond acceptors (Lipinski definition) is 1. The highest BCUT2D eigenvalue weighted by atomic mass is 19.1. The fourth-order valence-electron chi connectivity index (χ4n) is 2.68. The summed E-state index contributed by atoms with van der Waals surface area (Å²) in [5, 5.41) is 3.48. The van der Waals surface area contributed by atoms with Crippen molar-refractivity contribution in [3.63, 3.8) is 0 Å². The van der Waals surface area contributed by atoms with Crippen molar-refractivity contribution in [2.75, 3.05) is 0 Å². The van der Waals surface area contributed by atoms with Gasteiger partial charge in [-0.3, -0.25) is 0 Å². The van der Waals surface area contributed by atoms with E-state index in [4.69, 9.17) is 0 Å². The largest absolute Gasteiger partial charge is 0.308 e. The lowest BCUT2D eigenvalue weighted by molar-refractivity contribution is 0.443. The second-order valence-corrected chi connectivity index (χ2v) is 5.84. The summed E-state index contributed by atoms with van der Waals surface area (Å²) >= 11 is 0. The van der Waals surface area contributed by atoms with E-state index < -0.39 is 0 Å². The molecule has 0 aromatic heterocycles. The molecular weight excluding hydrogens is 261 g/mol. The van der Waals surface area contributed by atoms with Crippen LogP contribution in [0.3, 0.4) is 0 Å². The normalized spacial score (nSPS) is 13.9. The molecule has 0 saturated heterocycles. The van der Waals surface area contributed by atoms with Crippen LogP contribution in [-0.2, 0) is 6.42 Å². The van der Waals surface area contributed by atoms with E-state index in [0.29, 0.717) is 6.04 Å². The SMILES string of the molecule is Cc1cccc(CCC(C)N[C@H](C)c2ccccc2F)c1. The van der Waals surface area contributed by atoms with Crippen molar-refractivity contribution >= 4 is 0 Å². The maximum atomic E-state index is 13.7. The predicted molar refractivity (Wildman–Crippen MR) is 86.9 cm³/mol. The van der Waals surface area contributed by atoms with E-state index in [0.717, 1.165) is 18.4 Å². The highest BCUT2D eigenvalue weighted by molar-refractivity contribution is 5.23. The Kier molecular flexibility index (Phi) is 5.51. The molecule has 0 bridgehead atoms. The number of aryl methyl sites for hydroxylation is 2. The van der Waals surface area contributed by atoms with Crippen molar-refractivity contribution in [1.82, 2.24) is 5.32 Å². The third-order valence-corrected chi connectivity index (χ3v) is 3.85. The van der Waals surface area contributed by atoms with Crippen LogP contribution in [0, 0.1) is 12.7 Å². The molecule has 0 heterocycles. The first-order valence-corrected chi connectivity index (χ1v) is 7.62. The Labute approximate surface area is 127 Å². The predicted octanol–water partition coefficient (Wildman–Crippen LogP) is 4.81. The Morgan fingerprint density at radius 3 is 2.52 bits per heavy atom. The Morgan fingerprint density at radius 2 is 1.81 bits per heavy atom. The summed E-state index contributed by atoms with van der Waals surface area (Å²) in [6, 6.07) is 16.0. The van der Waals surface area contributed by atoms with Gasteiger partial charge >= 0.3 is 0 Å². The van der Waals surface area contributed by atoms with Gasteiger partial charge in [0.2, 0.25) is 0 Å². The lowest BCUT2D eigenvalue weighted by Gasteiger charge is -2.21. The molecular formula is C19H24FN. The molecule has 0 amide bonds. The minimum Gasteiger partial charge on any atom is -0.308 e. The van der Waals surface area contributed by atoms with E-state index >= 15 is 0 Å². The number of benzene rings is 2. The lowest BCUT2D eigenvalue weighted by Crippen LogP contribution is -2.29.